The maximum atomic E-state index is 13.0. The number of carbonyl (C=O) groups excluding carboxylic acids is 3. The Bertz CT molecular complexity index is 1590. The van der Waals surface area contributed by atoms with Crippen molar-refractivity contribution in [2.24, 2.45) is 0 Å². The van der Waals surface area contributed by atoms with Gasteiger partial charge in [-0.25, -0.2) is 19.1 Å². The van der Waals surface area contributed by atoms with Crippen LogP contribution in [0.4, 0.5) is 5.69 Å². The van der Waals surface area contributed by atoms with E-state index in [0.29, 0.717) is 47.1 Å². The van der Waals surface area contributed by atoms with Crippen molar-refractivity contribution in [2.75, 3.05) is 18.5 Å². The lowest BCUT2D eigenvalue weighted by Gasteiger charge is -2.10. The van der Waals surface area contributed by atoms with Crippen molar-refractivity contribution in [1.82, 2.24) is 14.6 Å². The highest BCUT2D eigenvalue weighted by atomic mass is 16.5. The summed E-state index contributed by atoms with van der Waals surface area (Å²) in [5.74, 6) is -1.15. The van der Waals surface area contributed by atoms with Crippen LogP contribution >= 0.6 is 0 Å². The molecule has 0 saturated heterocycles. The number of imidazole rings is 1. The van der Waals surface area contributed by atoms with Gasteiger partial charge in [-0.15, -0.1) is 0 Å². The van der Waals surface area contributed by atoms with Crippen LogP contribution in [0.15, 0.2) is 72.9 Å². The summed E-state index contributed by atoms with van der Waals surface area (Å²) in [7, 11) is 0. The molecule has 1 amide bonds. The molecule has 2 heterocycles. The number of benzene rings is 2. The standard InChI is InChI=1S/C30H28N4O5/c1-4-38-28(35)15-10-21-7-6-8-23(17-21)30(37)32-25-18-22(11-9-20(25)3)26-19-34-27(31-26)14-12-24(33-34)13-16-29(36)39-5-2/h6-19H,4-5H2,1-3H3,(H,32,37)/b15-10+,16-13+. The van der Waals surface area contributed by atoms with Gasteiger partial charge >= 0.3 is 11.9 Å². The van der Waals surface area contributed by atoms with Crippen molar-refractivity contribution in [3.05, 3.63) is 95.3 Å². The van der Waals surface area contributed by atoms with Crippen LogP contribution in [0.1, 0.15) is 41.0 Å². The third-order valence-electron chi connectivity index (χ3n) is 5.65. The molecule has 0 saturated carbocycles. The zero-order valence-electron chi connectivity index (χ0n) is 21.9. The number of amides is 1. The fourth-order valence-electron chi connectivity index (χ4n) is 3.72. The van der Waals surface area contributed by atoms with E-state index in [1.807, 2.05) is 31.2 Å². The lowest BCUT2D eigenvalue weighted by atomic mass is 10.1. The largest absolute Gasteiger partial charge is 0.463 e. The second kappa shape index (κ2) is 12.5. The summed E-state index contributed by atoms with van der Waals surface area (Å²) in [5.41, 5.74) is 5.38. The number of anilines is 1. The van der Waals surface area contributed by atoms with Crippen molar-refractivity contribution in [1.29, 1.82) is 0 Å². The third-order valence-corrected chi connectivity index (χ3v) is 5.65. The molecular weight excluding hydrogens is 496 g/mol. The fraction of sp³-hybridized carbons (Fsp3) is 0.167. The van der Waals surface area contributed by atoms with Crippen LogP contribution in [0, 0.1) is 6.92 Å². The van der Waals surface area contributed by atoms with Gasteiger partial charge in [-0.2, -0.15) is 5.10 Å². The third kappa shape index (κ3) is 7.04. The highest BCUT2D eigenvalue weighted by Crippen LogP contribution is 2.26. The number of hydrogen-bond acceptors (Lipinski definition) is 7. The number of nitrogens with zero attached hydrogens (tertiary/aromatic N) is 3. The van der Waals surface area contributed by atoms with Gasteiger partial charge < -0.3 is 14.8 Å². The summed E-state index contributed by atoms with van der Waals surface area (Å²) in [6, 6.07) is 16.2. The summed E-state index contributed by atoms with van der Waals surface area (Å²) >= 11 is 0. The Labute approximate surface area is 225 Å². The summed E-state index contributed by atoms with van der Waals surface area (Å²) < 4.78 is 11.4. The highest BCUT2D eigenvalue weighted by molar-refractivity contribution is 6.05. The van der Waals surface area contributed by atoms with E-state index in [9.17, 15) is 14.4 Å². The Balaban J connectivity index is 1.53. The number of aryl methyl sites for hydroxylation is 1. The molecule has 0 atom stereocenters. The molecule has 9 nitrogen and oxygen atoms in total. The first-order chi connectivity index (χ1) is 18.9. The molecule has 0 aliphatic rings. The number of rotatable bonds is 9. The second-order valence-electron chi connectivity index (χ2n) is 8.47. The molecule has 39 heavy (non-hydrogen) atoms. The maximum Gasteiger partial charge on any atom is 0.330 e. The van der Waals surface area contributed by atoms with Crippen LogP contribution in [0.25, 0.3) is 29.1 Å². The van der Waals surface area contributed by atoms with E-state index >= 15 is 0 Å². The number of ether oxygens (including phenoxy) is 2. The van der Waals surface area contributed by atoms with Crippen molar-refractivity contribution < 1.29 is 23.9 Å². The highest BCUT2D eigenvalue weighted by Gasteiger charge is 2.12. The topological polar surface area (TPSA) is 112 Å². The molecule has 9 heteroatoms. The maximum absolute atomic E-state index is 13.0. The van der Waals surface area contributed by atoms with Gasteiger partial charge in [-0.05, 0) is 74.4 Å². The van der Waals surface area contributed by atoms with Crippen LogP contribution in [-0.4, -0.2) is 45.7 Å². The van der Waals surface area contributed by atoms with Gasteiger partial charge in [-0.1, -0.05) is 24.3 Å². The average molecular weight is 525 g/mol. The van der Waals surface area contributed by atoms with Gasteiger partial charge in [0.1, 0.15) is 0 Å². The van der Waals surface area contributed by atoms with Crippen LogP contribution in [0.3, 0.4) is 0 Å². The minimum absolute atomic E-state index is 0.281. The van der Waals surface area contributed by atoms with Crippen LogP contribution in [0.2, 0.25) is 0 Å². The van der Waals surface area contributed by atoms with Gasteiger partial charge in [0.25, 0.3) is 5.91 Å². The normalized spacial score (nSPS) is 11.3. The zero-order valence-corrected chi connectivity index (χ0v) is 21.9. The lowest BCUT2D eigenvalue weighted by molar-refractivity contribution is -0.138. The minimum atomic E-state index is -0.439. The van der Waals surface area contributed by atoms with E-state index in [2.05, 4.69) is 15.4 Å². The molecule has 0 bridgehead atoms. The van der Waals surface area contributed by atoms with Crippen molar-refractivity contribution >= 4 is 41.3 Å². The Morgan fingerprint density at radius 2 is 1.67 bits per heavy atom. The first-order valence-electron chi connectivity index (χ1n) is 12.4. The zero-order chi connectivity index (χ0) is 27.8. The van der Waals surface area contributed by atoms with Gasteiger partial charge in [0.15, 0.2) is 5.65 Å². The Morgan fingerprint density at radius 1 is 0.923 bits per heavy atom. The van der Waals surface area contributed by atoms with Crippen LogP contribution < -0.4 is 5.32 Å². The molecule has 198 valence electrons. The Kier molecular flexibility index (Phi) is 8.63. The summed E-state index contributed by atoms with van der Waals surface area (Å²) in [6.07, 6.45) is 7.63. The van der Waals surface area contributed by atoms with Crippen molar-refractivity contribution in [3.8, 4) is 11.3 Å². The molecule has 0 spiro atoms. The number of hydrogen-bond donors (Lipinski definition) is 1. The van der Waals surface area contributed by atoms with E-state index in [1.54, 1.807) is 67.0 Å². The minimum Gasteiger partial charge on any atom is -0.463 e. The van der Waals surface area contributed by atoms with E-state index < -0.39 is 11.9 Å². The second-order valence-corrected chi connectivity index (χ2v) is 8.47. The molecule has 0 aliphatic heterocycles. The number of aromatic nitrogens is 3. The first-order valence-corrected chi connectivity index (χ1v) is 12.4. The number of fused-ring (bicyclic) bond motifs is 1. The Hall–Kier alpha value is -5.05. The predicted octanol–water partition coefficient (Wildman–Crippen LogP) is 5.11. The van der Waals surface area contributed by atoms with Gasteiger partial charge in [0, 0.05) is 29.0 Å². The SMILES string of the molecule is CCOC(=O)/C=C/c1cccc(C(=O)Nc2cc(-c3cn4nc(/C=C/C(=O)OCC)ccc4n3)ccc2C)c1. The van der Waals surface area contributed by atoms with Crippen LogP contribution in [-0.2, 0) is 19.1 Å². The molecular formula is C30H28N4O5. The number of carbonyl (C=O) groups is 3. The van der Waals surface area contributed by atoms with E-state index in [4.69, 9.17) is 9.47 Å². The molecule has 1 N–H and O–H groups in total. The van der Waals surface area contributed by atoms with Crippen molar-refractivity contribution in [2.45, 2.75) is 20.8 Å². The number of esters is 2. The van der Waals surface area contributed by atoms with Gasteiger partial charge in [0.2, 0.25) is 0 Å². The predicted molar refractivity (Wildman–Crippen MR) is 149 cm³/mol. The smallest absolute Gasteiger partial charge is 0.330 e. The average Bonchev–Trinajstić information content (AvgIpc) is 3.36. The van der Waals surface area contributed by atoms with Crippen LogP contribution in [0.5, 0.6) is 0 Å². The van der Waals surface area contributed by atoms with E-state index in [0.717, 1.165) is 11.1 Å². The van der Waals surface area contributed by atoms with Crippen molar-refractivity contribution in [3.63, 3.8) is 0 Å². The molecule has 2 aromatic carbocycles. The molecule has 0 fully saturated rings. The van der Waals surface area contributed by atoms with E-state index in [-0.39, 0.29) is 5.91 Å². The summed E-state index contributed by atoms with van der Waals surface area (Å²) in [4.78, 5) is 40.9. The quantitative estimate of drug-likeness (QED) is 0.239. The molecule has 4 rings (SSSR count). The molecule has 0 aliphatic carbocycles. The molecule has 0 unspecified atom stereocenters. The molecule has 4 aromatic rings. The van der Waals surface area contributed by atoms with Gasteiger partial charge in [-0.3, -0.25) is 4.79 Å². The summed E-state index contributed by atoms with van der Waals surface area (Å²) in [5, 5.41) is 7.45. The monoisotopic (exact) mass is 524 g/mol. The molecule has 0 radical (unpaired) electrons. The number of nitrogens with one attached hydrogen (secondary N) is 1. The Morgan fingerprint density at radius 3 is 2.41 bits per heavy atom. The van der Waals surface area contributed by atoms with Gasteiger partial charge in [0.05, 0.1) is 30.8 Å². The summed E-state index contributed by atoms with van der Waals surface area (Å²) in [6.45, 7) is 6.00. The first kappa shape index (κ1) is 27.0. The fourth-order valence-corrected chi connectivity index (χ4v) is 3.72. The lowest BCUT2D eigenvalue weighted by Crippen LogP contribution is -2.13. The van der Waals surface area contributed by atoms with E-state index in [1.165, 1.54) is 12.2 Å². The molecule has 2 aromatic heterocycles.